The maximum absolute atomic E-state index is 12.6. The molecule has 0 bridgehead atoms. The Morgan fingerprint density at radius 1 is 1.21 bits per heavy atom. The summed E-state index contributed by atoms with van der Waals surface area (Å²) in [5.74, 6) is -0.442. The third kappa shape index (κ3) is 4.38. The molecule has 1 aromatic carbocycles. The second kappa shape index (κ2) is 8.32. The van der Waals surface area contributed by atoms with E-state index in [1.807, 2.05) is 17.6 Å². The van der Waals surface area contributed by atoms with Crippen molar-refractivity contribution in [3.8, 4) is 0 Å². The molecule has 0 aliphatic carbocycles. The molecule has 2 aromatic heterocycles. The molecule has 0 N–H and O–H groups in total. The number of halogens is 1. The summed E-state index contributed by atoms with van der Waals surface area (Å²) >= 11 is 5.92. The molecule has 3 rings (SSSR count). The Bertz CT molecular complexity index is 1080. The molecule has 9 heteroatoms. The van der Waals surface area contributed by atoms with Crippen LogP contribution in [0.3, 0.4) is 0 Å². The Balaban J connectivity index is 1.69. The van der Waals surface area contributed by atoms with Crippen LogP contribution in [0.15, 0.2) is 47.1 Å². The number of esters is 1. The van der Waals surface area contributed by atoms with Crippen molar-refractivity contribution in [2.45, 2.75) is 20.4 Å². The van der Waals surface area contributed by atoms with Crippen molar-refractivity contribution in [3.63, 3.8) is 0 Å². The van der Waals surface area contributed by atoms with Crippen LogP contribution in [0.25, 0.3) is 0 Å². The average molecular weight is 417 g/mol. The molecule has 0 fully saturated rings. The quantitative estimate of drug-likeness (QED) is 0.245. The molecule has 150 valence electrons. The summed E-state index contributed by atoms with van der Waals surface area (Å²) in [4.78, 5) is 34.9. The Morgan fingerprint density at radius 3 is 2.59 bits per heavy atom. The second-order valence-corrected chi connectivity index (χ2v) is 6.78. The lowest BCUT2D eigenvalue weighted by atomic mass is 10.1. The fraction of sp³-hybridized carbons (Fsp3) is 0.200. The van der Waals surface area contributed by atoms with Crippen molar-refractivity contribution in [2.24, 2.45) is 0 Å². The number of nitrogens with zero attached hydrogens (tertiary/aromatic N) is 2. The number of carbonyl (C=O) groups excluding carboxylic acids is 2. The molecule has 0 atom stereocenters. The van der Waals surface area contributed by atoms with Gasteiger partial charge in [0, 0.05) is 29.1 Å². The molecule has 0 amide bonds. The molecule has 29 heavy (non-hydrogen) atoms. The van der Waals surface area contributed by atoms with Crippen LogP contribution in [0.4, 0.5) is 5.69 Å². The van der Waals surface area contributed by atoms with E-state index >= 15 is 0 Å². The number of nitro benzene ring substituents is 1. The standard InChI is InChI=1S/C20H17ClN2O6/c1-12-8-17(13(2)22(12)10-15-4-3-7-28-15)19(24)11-29-20(25)16-6-5-14(23(26)27)9-18(16)21/h3-9H,10-11H2,1-2H3. The molecule has 0 unspecified atom stereocenters. The maximum Gasteiger partial charge on any atom is 0.340 e. The molecule has 0 spiro atoms. The predicted octanol–water partition coefficient (Wildman–Crippen LogP) is 4.35. The van der Waals surface area contributed by atoms with Crippen LogP contribution in [-0.4, -0.2) is 27.8 Å². The first-order chi connectivity index (χ1) is 13.8. The normalized spacial score (nSPS) is 10.7. The minimum absolute atomic E-state index is 0.0478. The number of ketones is 1. The van der Waals surface area contributed by atoms with Gasteiger partial charge in [-0.15, -0.1) is 0 Å². The largest absolute Gasteiger partial charge is 0.467 e. The lowest BCUT2D eigenvalue weighted by molar-refractivity contribution is -0.384. The first-order valence-electron chi connectivity index (χ1n) is 8.61. The lowest BCUT2D eigenvalue weighted by Gasteiger charge is -2.08. The zero-order chi connectivity index (χ0) is 21.1. The third-order valence-corrected chi connectivity index (χ3v) is 4.80. The minimum atomic E-state index is -0.831. The van der Waals surface area contributed by atoms with Gasteiger partial charge in [-0.2, -0.15) is 0 Å². The van der Waals surface area contributed by atoms with Gasteiger partial charge in [-0.1, -0.05) is 11.6 Å². The van der Waals surface area contributed by atoms with Crippen LogP contribution in [-0.2, 0) is 11.3 Å². The van der Waals surface area contributed by atoms with E-state index in [9.17, 15) is 19.7 Å². The number of aryl methyl sites for hydroxylation is 1. The number of rotatable bonds is 7. The highest BCUT2D eigenvalue weighted by Gasteiger charge is 2.20. The molecule has 2 heterocycles. The van der Waals surface area contributed by atoms with Crippen LogP contribution < -0.4 is 0 Å². The number of hydrogen-bond acceptors (Lipinski definition) is 6. The van der Waals surface area contributed by atoms with E-state index in [4.69, 9.17) is 20.8 Å². The topological polar surface area (TPSA) is 105 Å². The zero-order valence-corrected chi connectivity index (χ0v) is 16.4. The number of benzene rings is 1. The summed E-state index contributed by atoms with van der Waals surface area (Å²) in [7, 11) is 0. The fourth-order valence-electron chi connectivity index (χ4n) is 2.95. The van der Waals surface area contributed by atoms with Gasteiger partial charge in [-0.3, -0.25) is 14.9 Å². The van der Waals surface area contributed by atoms with E-state index in [0.29, 0.717) is 12.1 Å². The first kappa shape index (κ1) is 20.3. The molecule has 0 saturated heterocycles. The summed E-state index contributed by atoms with van der Waals surface area (Å²) in [6.45, 7) is 3.68. The molecular formula is C20H17ClN2O6. The number of aromatic nitrogens is 1. The summed E-state index contributed by atoms with van der Waals surface area (Å²) < 4.78 is 12.3. The number of Topliss-reactive ketones (excluding diaryl/α,β-unsaturated/α-hetero) is 1. The van der Waals surface area contributed by atoms with E-state index in [1.54, 1.807) is 25.3 Å². The number of hydrogen-bond donors (Lipinski definition) is 0. The van der Waals surface area contributed by atoms with Gasteiger partial charge in [-0.05, 0) is 38.1 Å². The van der Waals surface area contributed by atoms with Gasteiger partial charge in [0.05, 0.1) is 28.3 Å². The van der Waals surface area contributed by atoms with Gasteiger partial charge in [0.25, 0.3) is 5.69 Å². The Hall–Kier alpha value is -3.39. The molecule has 3 aromatic rings. The van der Waals surface area contributed by atoms with Crippen LogP contribution in [0.5, 0.6) is 0 Å². The number of nitro groups is 1. The second-order valence-electron chi connectivity index (χ2n) is 6.37. The first-order valence-corrected chi connectivity index (χ1v) is 8.99. The Morgan fingerprint density at radius 2 is 1.97 bits per heavy atom. The van der Waals surface area contributed by atoms with Gasteiger partial charge in [0.2, 0.25) is 5.78 Å². The van der Waals surface area contributed by atoms with E-state index in [0.717, 1.165) is 29.3 Å². The number of furan rings is 1. The van der Waals surface area contributed by atoms with Crippen molar-refractivity contribution >= 4 is 29.0 Å². The average Bonchev–Trinajstić information content (AvgIpc) is 3.29. The SMILES string of the molecule is Cc1cc(C(=O)COC(=O)c2ccc([N+](=O)[O-])cc2Cl)c(C)n1Cc1ccco1. The Kier molecular flexibility index (Phi) is 5.84. The smallest absolute Gasteiger partial charge is 0.340 e. The zero-order valence-electron chi connectivity index (χ0n) is 15.7. The van der Waals surface area contributed by atoms with Crippen LogP contribution in [0.1, 0.15) is 37.9 Å². The van der Waals surface area contributed by atoms with E-state index in [-0.39, 0.29) is 22.1 Å². The van der Waals surface area contributed by atoms with Crippen molar-refractivity contribution in [3.05, 3.63) is 86.1 Å². The highest BCUT2D eigenvalue weighted by molar-refractivity contribution is 6.33. The molecule has 0 aliphatic rings. The van der Waals surface area contributed by atoms with Crippen molar-refractivity contribution in [2.75, 3.05) is 6.61 Å². The summed E-state index contributed by atoms with van der Waals surface area (Å²) in [6, 6.07) is 8.76. The highest BCUT2D eigenvalue weighted by Crippen LogP contribution is 2.23. The van der Waals surface area contributed by atoms with Gasteiger partial charge in [0.15, 0.2) is 6.61 Å². The number of ether oxygens (including phenoxy) is 1. The summed E-state index contributed by atoms with van der Waals surface area (Å²) in [5.41, 5.74) is 1.75. The Labute approximate surface area is 170 Å². The van der Waals surface area contributed by atoms with Crippen molar-refractivity contribution < 1.29 is 23.7 Å². The number of non-ortho nitro benzene ring substituents is 1. The maximum atomic E-state index is 12.6. The minimum Gasteiger partial charge on any atom is -0.467 e. The highest BCUT2D eigenvalue weighted by atomic mass is 35.5. The van der Waals surface area contributed by atoms with Gasteiger partial charge in [0.1, 0.15) is 5.76 Å². The predicted molar refractivity (Wildman–Crippen MR) is 104 cm³/mol. The van der Waals surface area contributed by atoms with Crippen molar-refractivity contribution in [1.29, 1.82) is 0 Å². The van der Waals surface area contributed by atoms with Gasteiger partial charge in [-0.25, -0.2) is 4.79 Å². The van der Waals surface area contributed by atoms with Crippen LogP contribution >= 0.6 is 11.6 Å². The van der Waals surface area contributed by atoms with E-state index in [2.05, 4.69) is 0 Å². The van der Waals surface area contributed by atoms with Gasteiger partial charge < -0.3 is 13.7 Å². The number of carbonyl (C=O) groups is 2. The third-order valence-electron chi connectivity index (χ3n) is 4.49. The van der Waals surface area contributed by atoms with Gasteiger partial charge >= 0.3 is 5.97 Å². The molecule has 0 radical (unpaired) electrons. The summed E-state index contributed by atoms with van der Waals surface area (Å²) in [5, 5.41) is 10.6. The monoisotopic (exact) mass is 416 g/mol. The van der Waals surface area contributed by atoms with Crippen LogP contribution in [0.2, 0.25) is 5.02 Å². The lowest BCUT2D eigenvalue weighted by Crippen LogP contribution is -2.15. The summed E-state index contributed by atoms with van der Waals surface area (Å²) in [6.07, 6.45) is 1.58. The molecule has 8 nitrogen and oxygen atoms in total. The molecule has 0 aliphatic heterocycles. The van der Waals surface area contributed by atoms with E-state index < -0.39 is 17.5 Å². The molecule has 0 saturated carbocycles. The van der Waals surface area contributed by atoms with E-state index in [1.165, 1.54) is 6.07 Å². The fourth-order valence-corrected chi connectivity index (χ4v) is 3.21. The molecular weight excluding hydrogens is 400 g/mol. The van der Waals surface area contributed by atoms with Crippen molar-refractivity contribution in [1.82, 2.24) is 4.57 Å². The van der Waals surface area contributed by atoms with Crippen LogP contribution in [0, 0.1) is 24.0 Å².